The fourth-order valence-electron chi connectivity index (χ4n) is 6.31. The van der Waals surface area contributed by atoms with Crippen LogP contribution in [-0.4, -0.2) is 80.3 Å². The third kappa shape index (κ3) is 9.71. The second-order valence-corrected chi connectivity index (χ2v) is 13.3. The summed E-state index contributed by atoms with van der Waals surface area (Å²) >= 11 is 0. The van der Waals surface area contributed by atoms with Crippen molar-refractivity contribution in [1.29, 1.82) is 5.41 Å². The third-order valence-electron chi connectivity index (χ3n) is 9.21. The summed E-state index contributed by atoms with van der Waals surface area (Å²) in [7, 11) is 0. The number of aromatic nitrogens is 3. The molecule has 4 heterocycles. The molecule has 290 valence electrons. The Morgan fingerprint density at radius 2 is 1.55 bits per heavy atom. The van der Waals surface area contributed by atoms with E-state index >= 15 is 0 Å². The Balaban J connectivity index is 1.06. The summed E-state index contributed by atoms with van der Waals surface area (Å²) in [5.41, 5.74) is 3.32. The normalized spacial score (nSPS) is 13.6. The van der Waals surface area contributed by atoms with E-state index in [0.29, 0.717) is 65.3 Å². The van der Waals surface area contributed by atoms with Gasteiger partial charge in [-0.3, -0.25) is 29.1 Å². The van der Waals surface area contributed by atoms with Crippen LogP contribution < -0.4 is 21.5 Å². The van der Waals surface area contributed by atoms with Crippen molar-refractivity contribution in [3.05, 3.63) is 106 Å². The molecule has 0 spiro atoms. The van der Waals surface area contributed by atoms with Crippen LogP contribution in [0.3, 0.4) is 0 Å². The quantitative estimate of drug-likeness (QED) is 0.0733. The number of amides is 5. The minimum Gasteiger partial charge on any atom is -0.385 e. The topological polar surface area (TPSA) is 182 Å². The Kier molecular flexibility index (Phi) is 12.0. The van der Waals surface area contributed by atoms with Crippen LogP contribution in [0.15, 0.2) is 83.9 Å². The van der Waals surface area contributed by atoms with E-state index in [4.69, 9.17) is 5.41 Å². The third-order valence-corrected chi connectivity index (χ3v) is 9.21. The highest BCUT2D eigenvalue weighted by atomic mass is 19.4. The maximum Gasteiger partial charge on any atom is 0.408 e. The zero-order valence-corrected chi connectivity index (χ0v) is 30.1. The van der Waals surface area contributed by atoms with E-state index in [0.717, 1.165) is 53.7 Å². The molecule has 2 aromatic heterocycles. The molecule has 2 aliphatic heterocycles. The number of hydrogen-bond donors (Lipinski definition) is 4. The zero-order chi connectivity index (χ0) is 39.8. The molecular formula is C39H38F3N9O5. The number of urea groups is 1. The van der Waals surface area contributed by atoms with Gasteiger partial charge in [0.15, 0.2) is 0 Å². The van der Waals surface area contributed by atoms with Gasteiger partial charge in [-0.2, -0.15) is 18.3 Å². The van der Waals surface area contributed by atoms with Gasteiger partial charge in [0, 0.05) is 79.4 Å². The number of nitrogens with one attached hydrogen (secondary N) is 4. The Labute approximate surface area is 318 Å². The number of pyridine rings is 1. The van der Waals surface area contributed by atoms with E-state index in [1.165, 1.54) is 6.07 Å². The van der Waals surface area contributed by atoms with Gasteiger partial charge in [-0.25, -0.2) is 9.48 Å². The van der Waals surface area contributed by atoms with E-state index < -0.39 is 36.0 Å². The maximum atomic E-state index is 13.6. The van der Waals surface area contributed by atoms with Gasteiger partial charge in [-0.15, -0.1) is 0 Å². The molecule has 0 bridgehead atoms. The predicted octanol–water partition coefficient (Wildman–Crippen LogP) is 5.09. The zero-order valence-electron chi connectivity index (χ0n) is 30.1. The molecule has 4 aromatic rings. The van der Waals surface area contributed by atoms with Gasteiger partial charge in [0.25, 0.3) is 17.4 Å². The van der Waals surface area contributed by atoms with Crippen LogP contribution in [0.2, 0.25) is 0 Å². The van der Waals surface area contributed by atoms with Crippen LogP contribution in [0.25, 0.3) is 22.4 Å². The van der Waals surface area contributed by atoms with E-state index in [9.17, 15) is 37.1 Å². The predicted molar refractivity (Wildman–Crippen MR) is 202 cm³/mol. The number of nitrogens with zero attached hydrogens (tertiary/aromatic N) is 5. The van der Waals surface area contributed by atoms with Crippen molar-refractivity contribution in [3.63, 3.8) is 0 Å². The summed E-state index contributed by atoms with van der Waals surface area (Å²) in [4.78, 5) is 68.1. The fourth-order valence-corrected chi connectivity index (χ4v) is 6.31. The lowest BCUT2D eigenvalue weighted by Gasteiger charge is -2.17. The number of alkyl halides is 3. The van der Waals surface area contributed by atoms with Gasteiger partial charge in [-0.1, -0.05) is 31.0 Å². The maximum absolute atomic E-state index is 13.6. The second-order valence-electron chi connectivity index (χ2n) is 13.3. The number of imide groups is 1. The van der Waals surface area contributed by atoms with Crippen LogP contribution in [0, 0.1) is 5.41 Å². The molecule has 0 unspecified atom stereocenters. The van der Waals surface area contributed by atoms with Gasteiger partial charge in [-0.05, 0) is 65.9 Å². The van der Waals surface area contributed by atoms with Crippen molar-refractivity contribution < 1.29 is 32.3 Å². The summed E-state index contributed by atoms with van der Waals surface area (Å²) in [5.74, 6) is -1.44. The highest BCUT2D eigenvalue weighted by Crippen LogP contribution is 2.28. The molecule has 14 nitrogen and oxygen atoms in total. The SMILES string of the molecule is N=Cc1cc(-c2cc(-c3ccc(NC(=O)N4Cc5ccncc5C4)cc3)nn(CC(F)(F)F)c2=O)ccc1NCCCCCCNC(=O)CN1C(=O)C=CC1=O. The van der Waals surface area contributed by atoms with E-state index in [1.54, 1.807) is 59.8 Å². The minimum atomic E-state index is -4.72. The molecule has 0 saturated carbocycles. The van der Waals surface area contributed by atoms with Gasteiger partial charge in [0.2, 0.25) is 5.91 Å². The lowest BCUT2D eigenvalue weighted by atomic mass is 10.0. The standard InChI is InChI=1S/C39H38F3N9O5/c40-39(41,42)24-51-37(55)31(18-33(48-51)25-5-8-30(9-6-25)47-38(56)49-21-27-13-16-44-20-29(27)22-49)26-7-10-32(28(17-26)19-43)45-14-3-1-2-4-15-46-34(52)23-50-35(53)11-12-36(50)54/h5-13,16-20,43,45H,1-4,14-15,21-24H2,(H,46,52)(H,47,56). The van der Waals surface area contributed by atoms with Crippen molar-refractivity contribution in [2.24, 2.45) is 0 Å². The van der Waals surface area contributed by atoms with Crippen LogP contribution in [0.1, 0.15) is 42.4 Å². The molecule has 5 amide bonds. The average molecular weight is 770 g/mol. The number of benzene rings is 2. The lowest BCUT2D eigenvalue weighted by Crippen LogP contribution is -2.40. The highest BCUT2D eigenvalue weighted by Gasteiger charge is 2.30. The van der Waals surface area contributed by atoms with E-state index in [2.05, 4.69) is 26.0 Å². The van der Waals surface area contributed by atoms with Crippen LogP contribution >= 0.6 is 0 Å². The smallest absolute Gasteiger partial charge is 0.385 e. The van der Waals surface area contributed by atoms with Crippen LogP contribution in [-0.2, 0) is 34.0 Å². The summed E-state index contributed by atoms with van der Waals surface area (Å²) in [6.07, 6.45) is 5.10. The number of carbonyl (C=O) groups is 4. The Morgan fingerprint density at radius 1 is 0.857 bits per heavy atom. The number of rotatable bonds is 15. The molecule has 0 radical (unpaired) electrons. The first kappa shape index (κ1) is 39.1. The number of anilines is 2. The number of carbonyl (C=O) groups excluding carboxylic acids is 4. The summed E-state index contributed by atoms with van der Waals surface area (Å²) in [6.45, 7) is -0.122. The molecule has 17 heteroatoms. The Bertz CT molecular complexity index is 2200. The molecule has 0 saturated heterocycles. The molecule has 56 heavy (non-hydrogen) atoms. The molecule has 2 aliphatic rings. The van der Waals surface area contributed by atoms with Gasteiger partial charge in [0.1, 0.15) is 13.1 Å². The monoisotopic (exact) mass is 769 g/mol. The average Bonchev–Trinajstić information content (AvgIpc) is 3.75. The second kappa shape index (κ2) is 17.2. The van der Waals surface area contributed by atoms with Gasteiger partial charge < -0.3 is 26.3 Å². The molecule has 2 aromatic carbocycles. The number of unbranched alkanes of at least 4 members (excludes halogenated alkanes) is 3. The van der Waals surface area contributed by atoms with Crippen molar-refractivity contribution >= 4 is 41.3 Å². The number of halogens is 3. The van der Waals surface area contributed by atoms with Crippen molar-refractivity contribution in [2.75, 3.05) is 30.3 Å². The molecule has 0 atom stereocenters. The first-order valence-corrected chi connectivity index (χ1v) is 17.8. The van der Waals surface area contributed by atoms with Crippen molar-refractivity contribution in [2.45, 2.75) is 51.5 Å². The Morgan fingerprint density at radius 3 is 2.25 bits per heavy atom. The summed E-state index contributed by atoms with van der Waals surface area (Å²) in [5, 5.41) is 20.8. The fraction of sp³-hybridized carbons (Fsp3) is 0.282. The van der Waals surface area contributed by atoms with Crippen molar-refractivity contribution in [3.8, 4) is 22.4 Å². The largest absolute Gasteiger partial charge is 0.408 e. The minimum absolute atomic E-state index is 0.0308. The lowest BCUT2D eigenvalue weighted by molar-refractivity contribution is -0.143. The number of fused-ring (bicyclic) bond motifs is 1. The number of hydrogen-bond acceptors (Lipinski definition) is 9. The molecule has 0 fully saturated rings. The first-order chi connectivity index (χ1) is 26.9. The van der Waals surface area contributed by atoms with Crippen LogP contribution in [0.5, 0.6) is 0 Å². The molecule has 0 aliphatic carbocycles. The molecule has 6 rings (SSSR count). The van der Waals surface area contributed by atoms with E-state index in [1.807, 2.05) is 6.07 Å². The highest BCUT2D eigenvalue weighted by molar-refractivity contribution is 6.14. The van der Waals surface area contributed by atoms with Gasteiger partial charge in [0.05, 0.1) is 11.3 Å². The molecular weight excluding hydrogens is 731 g/mol. The Hall–Kier alpha value is -6.65. The van der Waals surface area contributed by atoms with Crippen molar-refractivity contribution in [1.82, 2.24) is 29.9 Å². The summed E-state index contributed by atoms with van der Waals surface area (Å²) < 4.78 is 41.1. The van der Waals surface area contributed by atoms with E-state index in [-0.39, 0.29) is 23.8 Å². The summed E-state index contributed by atoms with van der Waals surface area (Å²) in [6, 6.07) is 14.2. The van der Waals surface area contributed by atoms with Crippen LogP contribution in [0.4, 0.5) is 29.3 Å². The molecule has 4 N–H and O–H groups in total. The first-order valence-electron chi connectivity index (χ1n) is 17.8. The van der Waals surface area contributed by atoms with Gasteiger partial charge >= 0.3 is 12.2 Å².